The van der Waals surface area contributed by atoms with E-state index in [1.165, 1.54) is 24.3 Å². The monoisotopic (exact) mass is 233 g/mol. The van der Waals surface area contributed by atoms with Crippen molar-refractivity contribution in [3.8, 4) is 17.0 Å². The van der Waals surface area contributed by atoms with Crippen LogP contribution in [0.2, 0.25) is 0 Å². The van der Waals surface area contributed by atoms with Gasteiger partial charge in [-0.3, -0.25) is 14.9 Å². The number of nitro groups is 1. The van der Waals surface area contributed by atoms with Gasteiger partial charge in [0.05, 0.1) is 11.3 Å². The van der Waals surface area contributed by atoms with Crippen molar-refractivity contribution < 1.29 is 10.0 Å². The molecule has 0 aliphatic heterocycles. The third-order valence-corrected chi connectivity index (χ3v) is 2.20. The molecular formula is C10H7N3O4. The van der Waals surface area contributed by atoms with E-state index in [9.17, 15) is 20.0 Å². The molecule has 0 saturated carbocycles. The number of rotatable bonds is 2. The van der Waals surface area contributed by atoms with Crippen LogP contribution in [0.3, 0.4) is 0 Å². The van der Waals surface area contributed by atoms with Gasteiger partial charge in [0.1, 0.15) is 5.56 Å². The minimum absolute atomic E-state index is 0.0117. The Bertz CT molecular complexity index is 618. The lowest BCUT2D eigenvalue weighted by atomic mass is 10.1. The lowest BCUT2D eigenvalue weighted by Crippen LogP contribution is -2.09. The van der Waals surface area contributed by atoms with E-state index in [2.05, 4.69) is 9.97 Å². The van der Waals surface area contributed by atoms with Crippen LogP contribution in [0.25, 0.3) is 11.1 Å². The van der Waals surface area contributed by atoms with E-state index < -0.39 is 16.4 Å². The summed E-state index contributed by atoms with van der Waals surface area (Å²) in [6, 6.07) is 5.26. The lowest BCUT2D eigenvalue weighted by Gasteiger charge is -2.01. The molecule has 0 aliphatic carbocycles. The van der Waals surface area contributed by atoms with Crippen LogP contribution in [-0.2, 0) is 0 Å². The molecule has 0 bridgehead atoms. The Morgan fingerprint density at radius 3 is 2.47 bits per heavy atom. The Labute approximate surface area is 94.5 Å². The zero-order valence-corrected chi connectivity index (χ0v) is 8.45. The topological polar surface area (TPSA) is 109 Å². The smallest absolute Gasteiger partial charge is 0.269 e. The van der Waals surface area contributed by atoms with Crippen molar-refractivity contribution in [2.75, 3.05) is 0 Å². The molecule has 1 aromatic heterocycles. The molecular weight excluding hydrogens is 226 g/mol. The van der Waals surface area contributed by atoms with E-state index in [0.717, 1.165) is 6.33 Å². The number of non-ortho nitro benzene ring substituents is 1. The van der Waals surface area contributed by atoms with Crippen molar-refractivity contribution in [1.29, 1.82) is 0 Å². The molecule has 0 spiro atoms. The van der Waals surface area contributed by atoms with Gasteiger partial charge in [0.25, 0.3) is 11.2 Å². The van der Waals surface area contributed by atoms with Crippen molar-refractivity contribution in [2.45, 2.75) is 0 Å². The first-order chi connectivity index (χ1) is 8.09. The molecule has 0 unspecified atom stereocenters. The predicted octanol–water partition coefficient (Wildman–Crippen LogP) is 1.05. The molecule has 17 heavy (non-hydrogen) atoms. The van der Waals surface area contributed by atoms with Gasteiger partial charge in [-0.25, -0.2) is 4.98 Å². The van der Waals surface area contributed by atoms with E-state index in [4.69, 9.17) is 0 Å². The number of hydrogen-bond acceptors (Lipinski definition) is 5. The molecule has 0 atom stereocenters. The van der Waals surface area contributed by atoms with Crippen LogP contribution in [0.1, 0.15) is 0 Å². The third kappa shape index (κ3) is 1.98. The maximum atomic E-state index is 11.5. The molecule has 1 aromatic carbocycles. The van der Waals surface area contributed by atoms with Crippen LogP contribution < -0.4 is 5.56 Å². The number of nitrogens with zero attached hydrogens (tertiary/aromatic N) is 2. The largest absolute Gasteiger partial charge is 0.493 e. The highest BCUT2D eigenvalue weighted by molar-refractivity contribution is 5.67. The average Bonchev–Trinajstić information content (AvgIpc) is 2.29. The minimum atomic E-state index is -0.545. The van der Waals surface area contributed by atoms with Gasteiger partial charge in [0.15, 0.2) is 0 Å². The van der Waals surface area contributed by atoms with Crippen molar-refractivity contribution in [2.24, 2.45) is 0 Å². The summed E-state index contributed by atoms with van der Waals surface area (Å²) in [5.74, 6) is -0.414. The van der Waals surface area contributed by atoms with E-state index in [1.807, 2.05) is 0 Å². The van der Waals surface area contributed by atoms with Crippen LogP contribution in [-0.4, -0.2) is 20.0 Å². The summed E-state index contributed by atoms with van der Waals surface area (Å²) in [6.07, 6.45) is 1.08. The van der Waals surface area contributed by atoms with Crippen molar-refractivity contribution in [3.63, 3.8) is 0 Å². The summed E-state index contributed by atoms with van der Waals surface area (Å²) in [5.41, 5.74) is -0.246. The summed E-state index contributed by atoms with van der Waals surface area (Å²) in [5, 5.41) is 19.9. The molecule has 7 heteroatoms. The third-order valence-electron chi connectivity index (χ3n) is 2.20. The summed E-state index contributed by atoms with van der Waals surface area (Å²) >= 11 is 0. The van der Waals surface area contributed by atoms with Gasteiger partial charge in [-0.15, -0.1) is 0 Å². The van der Waals surface area contributed by atoms with Gasteiger partial charge in [-0.1, -0.05) is 0 Å². The van der Waals surface area contributed by atoms with Gasteiger partial charge in [0.2, 0.25) is 5.88 Å². The molecule has 7 nitrogen and oxygen atoms in total. The molecule has 0 fully saturated rings. The highest BCUT2D eigenvalue weighted by Crippen LogP contribution is 2.24. The molecule has 1 heterocycles. The fourth-order valence-corrected chi connectivity index (χ4v) is 1.40. The summed E-state index contributed by atoms with van der Waals surface area (Å²) in [4.78, 5) is 27.2. The standard InChI is InChI=1S/C10H7N3O4/c14-9-8(10(15)12-5-11-9)6-1-3-7(4-2-6)13(16)17/h1-5H,(H2,11,12,14,15). The molecule has 2 rings (SSSR count). The second-order valence-electron chi connectivity index (χ2n) is 3.23. The predicted molar refractivity (Wildman–Crippen MR) is 58.6 cm³/mol. The number of hydrogen-bond donors (Lipinski definition) is 2. The highest BCUT2D eigenvalue weighted by atomic mass is 16.6. The number of nitro benzene ring substituents is 1. The Morgan fingerprint density at radius 2 is 1.94 bits per heavy atom. The van der Waals surface area contributed by atoms with Gasteiger partial charge in [-0.05, 0) is 17.7 Å². The zero-order chi connectivity index (χ0) is 12.4. The zero-order valence-electron chi connectivity index (χ0n) is 8.45. The molecule has 0 amide bonds. The van der Waals surface area contributed by atoms with Crippen LogP contribution in [0.15, 0.2) is 35.4 Å². The fourth-order valence-electron chi connectivity index (χ4n) is 1.40. The highest BCUT2D eigenvalue weighted by Gasteiger charge is 2.12. The van der Waals surface area contributed by atoms with Crippen LogP contribution >= 0.6 is 0 Å². The number of nitrogens with one attached hydrogen (secondary N) is 1. The summed E-state index contributed by atoms with van der Waals surface area (Å²) in [6.45, 7) is 0. The Balaban J connectivity index is 2.54. The van der Waals surface area contributed by atoms with Gasteiger partial charge in [-0.2, -0.15) is 0 Å². The average molecular weight is 233 g/mol. The van der Waals surface area contributed by atoms with E-state index in [1.54, 1.807) is 0 Å². The summed E-state index contributed by atoms with van der Waals surface area (Å²) < 4.78 is 0. The van der Waals surface area contributed by atoms with Crippen LogP contribution in [0.4, 0.5) is 5.69 Å². The minimum Gasteiger partial charge on any atom is -0.493 e. The van der Waals surface area contributed by atoms with E-state index in [-0.39, 0.29) is 11.3 Å². The quantitative estimate of drug-likeness (QED) is 0.595. The normalized spacial score (nSPS) is 10.1. The van der Waals surface area contributed by atoms with Crippen molar-refractivity contribution in [3.05, 3.63) is 51.1 Å². The molecule has 0 aliphatic rings. The molecule has 2 N–H and O–H groups in total. The molecule has 86 valence electrons. The van der Waals surface area contributed by atoms with Crippen molar-refractivity contribution >= 4 is 5.69 Å². The number of aromatic nitrogens is 2. The number of benzene rings is 1. The van der Waals surface area contributed by atoms with E-state index in [0.29, 0.717) is 5.56 Å². The Morgan fingerprint density at radius 1 is 1.29 bits per heavy atom. The second-order valence-corrected chi connectivity index (χ2v) is 3.23. The van der Waals surface area contributed by atoms with Crippen LogP contribution in [0.5, 0.6) is 5.88 Å². The second kappa shape index (κ2) is 4.05. The molecule has 0 radical (unpaired) electrons. The van der Waals surface area contributed by atoms with Crippen molar-refractivity contribution in [1.82, 2.24) is 9.97 Å². The maximum absolute atomic E-state index is 11.5. The summed E-state index contributed by atoms with van der Waals surface area (Å²) in [7, 11) is 0. The SMILES string of the molecule is O=c1[nH]cnc(O)c1-c1ccc([N+](=O)[O-])cc1. The Kier molecular flexibility index (Phi) is 2.57. The first kappa shape index (κ1) is 10.8. The molecule has 0 saturated heterocycles. The first-order valence-corrected chi connectivity index (χ1v) is 4.61. The Hall–Kier alpha value is -2.70. The lowest BCUT2D eigenvalue weighted by molar-refractivity contribution is -0.384. The number of H-pyrrole nitrogens is 1. The maximum Gasteiger partial charge on any atom is 0.269 e. The number of aromatic amines is 1. The molecule has 2 aromatic rings. The van der Waals surface area contributed by atoms with Crippen LogP contribution in [0, 0.1) is 10.1 Å². The van der Waals surface area contributed by atoms with Gasteiger partial charge >= 0.3 is 0 Å². The van der Waals surface area contributed by atoms with Gasteiger partial charge in [0, 0.05) is 12.1 Å². The number of aromatic hydroxyl groups is 1. The van der Waals surface area contributed by atoms with E-state index >= 15 is 0 Å². The first-order valence-electron chi connectivity index (χ1n) is 4.61. The van der Waals surface area contributed by atoms with Gasteiger partial charge < -0.3 is 10.1 Å². The fraction of sp³-hybridized carbons (Fsp3) is 0.